The zero-order valence-corrected chi connectivity index (χ0v) is 12.1. The third-order valence-electron chi connectivity index (χ3n) is 3.03. The second kappa shape index (κ2) is 5.74. The van der Waals surface area contributed by atoms with Crippen LogP contribution in [0.3, 0.4) is 0 Å². The van der Waals surface area contributed by atoms with Gasteiger partial charge < -0.3 is 23.8 Å². The number of aromatic nitrogens is 1. The van der Waals surface area contributed by atoms with E-state index in [4.69, 9.17) is 18.7 Å². The molecule has 21 heavy (non-hydrogen) atoms. The Balaban J connectivity index is 2.76. The molecule has 0 radical (unpaired) electrons. The average Bonchev–Trinajstić information content (AvgIpc) is 2.87. The van der Waals surface area contributed by atoms with Gasteiger partial charge in [-0.1, -0.05) is 5.16 Å². The van der Waals surface area contributed by atoms with Crippen molar-refractivity contribution >= 4 is 5.97 Å². The van der Waals surface area contributed by atoms with Gasteiger partial charge in [-0.05, 0) is 6.92 Å². The summed E-state index contributed by atoms with van der Waals surface area (Å²) in [6.45, 7) is 1.53. The fourth-order valence-corrected chi connectivity index (χ4v) is 2.03. The fraction of sp³-hybridized carbons (Fsp3) is 0.286. The van der Waals surface area contributed by atoms with Crippen LogP contribution in [0.4, 0.5) is 0 Å². The smallest absolute Gasteiger partial charge is 0.341 e. The van der Waals surface area contributed by atoms with Crippen molar-refractivity contribution in [1.29, 1.82) is 0 Å². The first kappa shape index (κ1) is 14.7. The molecule has 0 amide bonds. The van der Waals surface area contributed by atoms with Gasteiger partial charge in [0.1, 0.15) is 34.3 Å². The Bertz CT molecular complexity index is 651. The van der Waals surface area contributed by atoms with E-state index in [-0.39, 0.29) is 17.0 Å². The van der Waals surface area contributed by atoms with E-state index < -0.39 is 5.97 Å². The predicted molar refractivity (Wildman–Crippen MR) is 73.3 cm³/mol. The minimum absolute atomic E-state index is 0.0308. The van der Waals surface area contributed by atoms with Crippen LogP contribution in [-0.2, 0) is 0 Å². The molecule has 7 heteroatoms. The first-order valence-electron chi connectivity index (χ1n) is 6.03. The van der Waals surface area contributed by atoms with Crippen LogP contribution >= 0.6 is 0 Å². The molecule has 0 fully saturated rings. The minimum Gasteiger partial charge on any atom is -0.496 e. The number of aryl methyl sites for hydroxylation is 1. The number of benzene rings is 1. The van der Waals surface area contributed by atoms with E-state index in [0.29, 0.717) is 22.8 Å². The Hall–Kier alpha value is -2.70. The third kappa shape index (κ3) is 2.49. The molecule has 7 nitrogen and oxygen atoms in total. The molecular formula is C14H15NO6. The molecule has 1 aromatic heterocycles. The monoisotopic (exact) mass is 293 g/mol. The molecule has 0 bridgehead atoms. The van der Waals surface area contributed by atoms with E-state index in [0.717, 1.165) is 0 Å². The van der Waals surface area contributed by atoms with Crippen LogP contribution in [0.5, 0.6) is 17.2 Å². The number of carboxylic acids is 1. The number of carboxylic acid groups (broad SMARTS) is 1. The number of ether oxygens (including phenoxy) is 3. The Morgan fingerprint density at radius 2 is 1.71 bits per heavy atom. The van der Waals surface area contributed by atoms with Crippen molar-refractivity contribution < 1.29 is 28.6 Å². The van der Waals surface area contributed by atoms with E-state index in [1.54, 1.807) is 12.1 Å². The zero-order chi connectivity index (χ0) is 15.6. The molecule has 0 spiro atoms. The molecule has 0 aliphatic carbocycles. The molecule has 0 aliphatic rings. The van der Waals surface area contributed by atoms with Crippen molar-refractivity contribution in [3.8, 4) is 28.5 Å². The molecule has 0 aliphatic heterocycles. The highest BCUT2D eigenvalue weighted by molar-refractivity contribution is 5.97. The Morgan fingerprint density at radius 3 is 2.14 bits per heavy atom. The highest BCUT2D eigenvalue weighted by Gasteiger charge is 2.27. The van der Waals surface area contributed by atoms with Crippen molar-refractivity contribution in [3.05, 3.63) is 23.5 Å². The number of rotatable bonds is 5. The molecule has 2 aromatic rings. The molecule has 2 rings (SSSR count). The molecule has 1 heterocycles. The lowest BCUT2D eigenvalue weighted by Gasteiger charge is -2.13. The van der Waals surface area contributed by atoms with Gasteiger partial charge in [0.2, 0.25) is 0 Å². The molecule has 1 N–H and O–H groups in total. The molecule has 0 saturated heterocycles. The van der Waals surface area contributed by atoms with Crippen molar-refractivity contribution in [2.75, 3.05) is 21.3 Å². The van der Waals surface area contributed by atoms with Crippen LogP contribution in [0, 0.1) is 6.92 Å². The van der Waals surface area contributed by atoms with Crippen LogP contribution in [-0.4, -0.2) is 37.6 Å². The van der Waals surface area contributed by atoms with E-state index in [1.807, 2.05) is 0 Å². The van der Waals surface area contributed by atoms with Crippen LogP contribution in [0.2, 0.25) is 0 Å². The first-order valence-corrected chi connectivity index (χ1v) is 6.03. The molecule has 0 unspecified atom stereocenters. The van der Waals surface area contributed by atoms with Gasteiger partial charge in [0, 0.05) is 12.1 Å². The van der Waals surface area contributed by atoms with Gasteiger partial charge in [-0.3, -0.25) is 0 Å². The predicted octanol–water partition coefficient (Wildman–Crippen LogP) is 2.37. The summed E-state index contributed by atoms with van der Waals surface area (Å²) in [5.41, 5.74) is 0.517. The third-order valence-corrected chi connectivity index (χ3v) is 3.03. The van der Waals surface area contributed by atoms with Crippen LogP contribution in [0.25, 0.3) is 11.3 Å². The molecule has 112 valence electrons. The lowest BCUT2D eigenvalue weighted by Crippen LogP contribution is -2.02. The van der Waals surface area contributed by atoms with E-state index in [9.17, 15) is 9.90 Å². The van der Waals surface area contributed by atoms with Crippen molar-refractivity contribution in [1.82, 2.24) is 5.16 Å². The largest absolute Gasteiger partial charge is 0.496 e. The summed E-state index contributed by atoms with van der Waals surface area (Å²) in [4.78, 5) is 11.4. The number of hydrogen-bond donors (Lipinski definition) is 1. The van der Waals surface area contributed by atoms with Crippen molar-refractivity contribution in [2.24, 2.45) is 0 Å². The van der Waals surface area contributed by atoms with Gasteiger partial charge in [0.05, 0.1) is 26.9 Å². The maximum absolute atomic E-state index is 11.4. The summed E-state index contributed by atoms with van der Waals surface area (Å²) in [6.07, 6.45) is 0. The van der Waals surface area contributed by atoms with Crippen LogP contribution in [0.1, 0.15) is 16.1 Å². The topological polar surface area (TPSA) is 91.0 Å². The zero-order valence-electron chi connectivity index (χ0n) is 12.1. The van der Waals surface area contributed by atoms with E-state index in [2.05, 4.69) is 5.16 Å². The lowest BCUT2D eigenvalue weighted by molar-refractivity contribution is 0.0696. The normalized spacial score (nSPS) is 10.3. The van der Waals surface area contributed by atoms with Gasteiger partial charge in [0.25, 0.3) is 0 Å². The van der Waals surface area contributed by atoms with Crippen LogP contribution in [0.15, 0.2) is 16.7 Å². The molecular weight excluding hydrogens is 278 g/mol. The summed E-state index contributed by atoms with van der Waals surface area (Å²) in [7, 11) is 4.44. The maximum atomic E-state index is 11.4. The standard InChI is InChI=1S/C14H15NO6/c1-7-11(14(16)17)13(15-21-7)12-9(19-3)5-8(18-2)6-10(12)20-4/h5-6H,1-4H3,(H,16,17). The minimum atomic E-state index is -1.14. The quantitative estimate of drug-likeness (QED) is 0.904. The lowest BCUT2D eigenvalue weighted by atomic mass is 10.0. The highest BCUT2D eigenvalue weighted by Crippen LogP contribution is 2.42. The van der Waals surface area contributed by atoms with Crippen LogP contribution < -0.4 is 14.2 Å². The van der Waals surface area contributed by atoms with Gasteiger partial charge in [0.15, 0.2) is 0 Å². The second-order valence-electron chi connectivity index (χ2n) is 4.17. The van der Waals surface area contributed by atoms with Crippen molar-refractivity contribution in [3.63, 3.8) is 0 Å². The van der Waals surface area contributed by atoms with E-state index in [1.165, 1.54) is 28.3 Å². The van der Waals surface area contributed by atoms with Gasteiger partial charge in [-0.25, -0.2) is 4.79 Å². The maximum Gasteiger partial charge on any atom is 0.341 e. The Morgan fingerprint density at radius 1 is 1.14 bits per heavy atom. The summed E-state index contributed by atoms with van der Waals surface area (Å²) >= 11 is 0. The Kier molecular flexibility index (Phi) is 4.02. The second-order valence-corrected chi connectivity index (χ2v) is 4.17. The first-order chi connectivity index (χ1) is 10.0. The number of hydrogen-bond acceptors (Lipinski definition) is 6. The highest BCUT2D eigenvalue weighted by atomic mass is 16.5. The van der Waals surface area contributed by atoms with Gasteiger partial charge in [-0.2, -0.15) is 0 Å². The number of aromatic carboxylic acids is 1. The average molecular weight is 293 g/mol. The van der Waals surface area contributed by atoms with Gasteiger partial charge >= 0.3 is 5.97 Å². The Labute approximate surface area is 121 Å². The summed E-state index contributed by atoms with van der Waals surface area (Å²) < 4.78 is 20.7. The number of nitrogens with zero attached hydrogens (tertiary/aromatic N) is 1. The summed E-state index contributed by atoms with van der Waals surface area (Å²) in [5.74, 6) is 0.342. The molecule has 0 saturated carbocycles. The summed E-state index contributed by atoms with van der Waals surface area (Å²) in [6, 6.07) is 3.24. The van der Waals surface area contributed by atoms with Gasteiger partial charge in [-0.15, -0.1) is 0 Å². The number of carbonyl (C=O) groups is 1. The summed E-state index contributed by atoms with van der Waals surface area (Å²) in [5, 5.41) is 13.1. The van der Waals surface area contributed by atoms with Crippen molar-refractivity contribution in [2.45, 2.75) is 6.92 Å². The SMILES string of the molecule is COc1cc(OC)c(-c2noc(C)c2C(=O)O)c(OC)c1. The molecule has 1 aromatic carbocycles. The fourth-order valence-electron chi connectivity index (χ4n) is 2.03. The molecule has 0 atom stereocenters. The number of methoxy groups -OCH3 is 3. The van der Waals surface area contributed by atoms with E-state index >= 15 is 0 Å².